The van der Waals surface area contributed by atoms with Gasteiger partial charge in [0.1, 0.15) is 6.04 Å². The lowest BCUT2D eigenvalue weighted by molar-refractivity contribution is -0.138. The smallest absolute Gasteiger partial charge is 0.322 e. The largest absolute Gasteiger partial charge is 0.480 e. The van der Waals surface area contributed by atoms with Crippen LogP contribution in [0, 0.1) is 0 Å². The second kappa shape index (κ2) is 15.1. The fourth-order valence-corrected chi connectivity index (χ4v) is 5.37. The Bertz CT molecular complexity index is 899. The van der Waals surface area contributed by atoms with E-state index in [4.69, 9.17) is 0 Å². The van der Waals surface area contributed by atoms with Crippen LogP contribution in [0.15, 0.2) is 65.3 Å². The maximum Gasteiger partial charge on any atom is 0.322 e. The number of carboxylic acids is 1. The highest BCUT2D eigenvalue weighted by Gasteiger charge is 2.24. The molecule has 0 amide bonds. The summed E-state index contributed by atoms with van der Waals surface area (Å²) in [6, 6.07) is 7.58. The van der Waals surface area contributed by atoms with E-state index in [0.29, 0.717) is 11.3 Å². The molecule has 0 aliphatic carbocycles. The monoisotopic (exact) mass is 479 g/mol. The zero-order valence-electron chi connectivity index (χ0n) is 19.6. The number of rotatable bonds is 15. The number of carbonyl (C=O) groups is 1. The molecule has 1 aromatic rings. The lowest BCUT2D eigenvalue weighted by Crippen LogP contribution is -2.43. The first-order chi connectivity index (χ1) is 15.1. The summed E-state index contributed by atoms with van der Waals surface area (Å²) in [5, 5.41) is 9.41. The zero-order valence-corrected chi connectivity index (χ0v) is 21.3. The van der Waals surface area contributed by atoms with Crippen molar-refractivity contribution in [1.29, 1.82) is 0 Å². The van der Waals surface area contributed by atoms with Gasteiger partial charge in [-0.05, 0) is 58.9 Å². The van der Waals surface area contributed by atoms with Crippen molar-refractivity contribution >= 4 is 27.8 Å². The van der Waals surface area contributed by atoms with E-state index in [2.05, 4.69) is 50.6 Å². The molecule has 0 fully saturated rings. The van der Waals surface area contributed by atoms with Gasteiger partial charge in [-0.2, -0.15) is 16.5 Å². The van der Waals surface area contributed by atoms with Crippen LogP contribution in [0.2, 0.25) is 0 Å². The Morgan fingerprint density at radius 2 is 1.59 bits per heavy atom. The molecular weight excluding hydrogens is 442 g/mol. The molecule has 0 aromatic heterocycles. The van der Waals surface area contributed by atoms with Crippen molar-refractivity contribution in [2.24, 2.45) is 0 Å². The number of hydrogen-bond acceptors (Lipinski definition) is 4. The third kappa shape index (κ3) is 13.6. The van der Waals surface area contributed by atoms with E-state index in [0.717, 1.165) is 25.7 Å². The summed E-state index contributed by atoms with van der Waals surface area (Å²) in [7, 11) is -3.73. The van der Waals surface area contributed by atoms with E-state index >= 15 is 0 Å². The molecule has 0 heterocycles. The van der Waals surface area contributed by atoms with Crippen molar-refractivity contribution in [2.75, 3.05) is 11.5 Å². The standard InChI is InChI=1S/C25H37NO4S2/c1-20(2)10-8-11-21(3)12-9-13-22(4)16-17-31-18-24(25(27)28)26-32(29,30)19-23-14-6-5-7-15-23/h5-7,10,12,14-16,24,26H,8-9,11,13,17-19H2,1-4H3,(H,27,28)/b21-12+,22-16+/t24-/m0/s1. The Labute approximate surface area is 198 Å². The minimum Gasteiger partial charge on any atom is -0.480 e. The molecule has 2 N–H and O–H groups in total. The van der Waals surface area contributed by atoms with Gasteiger partial charge in [-0.15, -0.1) is 0 Å². The number of sulfonamides is 1. The summed E-state index contributed by atoms with van der Waals surface area (Å²) < 4.78 is 27.0. The Balaban J connectivity index is 2.42. The summed E-state index contributed by atoms with van der Waals surface area (Å²) in [6.45, 7) is 8.47. The third-order valence-corrected chi connectivity index (χ3v) is 7.10. The molecule has 1 aromatic carbocycles. The molecule has 1 atom stereocenters. The molecule has 0 radical (unpaired) electrons. The van der Waals surface area contributed by atoms with Gasteiger partial charge in [0, 0.05) is 11.5 Å². The Morgan fingerprint density at radius 3 is 2.19 bits per heavy atom. The van der Waals surface area contributed by atoms with Gasteiger partial charge in [0.05, 0.1) is 5.75 Å². The highest BCUT2D eigenvalue weighted by molar-refractivity contribution is 7.99. The van der Waals surface area contributed by atoms with Crippen molar-refractivity contribution in [3.63, 3.8) is 0 Å². The van der Waals surface area contributed by atoms with Gasteiger partial charge in [0.15, 0.2) is 0 Å². The zero-order chi connectivity index (χ0) is 24.0. The van der Waals surface area contributed by atoms with E-state index in [1.54, 1.807) is 30.3 Å². The number of thioether (sulfide) groups is 1. The lowest BCUT2D eigenvalue weighted by Gasteiger charge is -2.14. The summed E-state index contributed by atoms with van der Waals surface area (Å²) in [4.78, 5) is 11.5. The van der Waals surface area contributed by atoms with Crippen molar-refractivity contribution in [2.45, 2.75) is 65.2 Å². The van der Waals surface area contributed by atoms with E-state index < -0.39 is 22.0 Å². The predicted octanol–water partition coefficient (Wildman–Crippen LogP) is 5.71. The SMILES string of the molecule is CC(C)=CCC/C(C)=C/CC/C(C)=C/CSC[C@H](NS(=O)(=O)Cc1ccccc1)C(=O)O. The Kier molecular flexibility index (Phi) is 13.3. The highest BCUT2D eigenvalue weighted by atomic mass is 32.2. The molecule has 5 nitrogen and oxygen atoms in total. The van der Waals surface area contributed by atoms with Gasteiger partial charge in [0.25, 0.3) is 0 Å². The molecule has 0 spiro atoms. The molecule has 0 bridgehead atoms. The van der Waals surface area contributed by atoms with E-state index in [9.17, 15) is 18.3 Å². The van der Waals surface area contributed by atoms with Gasteiger partial charge in [-0.1, -0.05) is 65.3 Å². The quantitative estimate of drug-likeness (QED) is 0.249. The first kappa shape index (κ1) is 28.2. The maximum absolute atomic E-state index is 12.3. The molecule has 0 saturated carbocycles. The summed E-state index contributed by atoms with van der Waals surface area (Å²) in [5.41, 5.74) is 4.62. The highest BCUT2D eigenvalue weighted by Crippen LogP contribution is 2.13. The minimum atomic E-state index is -3.73. The third-order valence-electron chi connectivity index (χ3n) is 4.78. The molecule has 0 aliphatic heterocycles. The van der Waals surface area contributed by atoms with Gasteiger partial charge in [-0.3, -0.25) is 4.79 Å². The first-order valence-electron chi connectivity index (χ1n) is 10.9. The average Bonchev–Trinajstić information content (AvgIpc) is 2.70. The fourth-order valence-electron chi connectivity index (χ4n) is 2.93. The minimum absolute atomic E-state index is 0.177. The lowest BCUT2D eigenvalue weighted by atomic mass is 10.1. The topological polar surface area (TPSA) is 83.5 Å². The van der Waals surface area contributed by atoms with Gasteiger partial charge in [-0.25, -0.2) is 8.42 Å². The predicted molar refractivity (Wildman–Crippen MR) is 136 cm³/mol. The maximum atomic E-state index is 12.3. The number of benzene rings is 1. The van der Waals surface area contributed by atoms with Crippen LogP contribution in [0.25, 0.3) is 0 Å². The van der Waals surface area contributed by atoms with Crippen LogP contribution < -0.4 is 4.72 Å². The van der Waals surface area contributed by atoms with Crippen LogP contribution in [0.4, 0.5) is 0 Å². The molecule has 0 unspecified atom stereocenters. The van der Waals surface area contributed by atoms with Crippen LogP contribution >= 0.6 is 11.8 Å². The van der Waals surface area contributed by atoms with Crippen molar-refractivity contribution in [1.82, 2.24) is 4.72 Å². The number of nitrogens with one attached hydrogen (secondary N) is 1. The van der Waals surface area contributed by atoms with Crippen molar-refractivity contribution < 1.29 is 18.3 Å². The number of aliphatic carboxylic acids is 1. The Morgan fingerprint density at radius 1 is 1.00 bits per heavy atom. The molecule has 0 saturated heterocycles. The summed E-state index contributed by atoms with van der Waals surface area (Å²) >= 11 is 1.41. The number of carboxylic acid groups (broad SMARTS) is 1. The molecule has 1 rings (SSSR count). The van der Waals surface area contributed by atoms with Crippen LogP contribution in [0.1, 0.15) is 58.9 Å². The van der Waals surface area contributed by atoms with Gasteiger partial charge < -0.3 is 5.11 Å². The second-order valence-electron chi connectivity index (χ2n) is 8.25. The van der Waals surface area contributed by atoms with Crippen molar-refractivity contribution in [3.05, 3.63) is 70.8 Å². The fraction of sp³-hybridized carbons (Fsp3) is 0.480. The summed E-state index contributed by atoms with van der Waals surface area (Å²) in [6.07, 6.45) is 10.7. The van der Waals surface area contributed by atoms with E-state index in [-0.39, 0.29) is 11.5 Å². The van der Waals surface area contributed by atoms with Crippen LogP contribution in [-0.4, -0.2) is 37.0 Å². The molecule has 178 valence electrons. The first-order valence-corrected chi connectivity index (χ1v) is 13.7. The summed E-state index contributed by atoms with van der Waals surface area (Å²) in [5.74, 6) is -0.568. The van der Waals surface area contributed by atoms with Crippen LogP contribution in [-0.2, 0) is 20.6 Å². The van der Waals surface area contributed by atoms with Crippen molar-refractivity contribution in [3.8, 4) is 0 Å². The van der Waals surface area contributed by atoms with E-state index in [1.807, 2.05) is 0 Å². The second-order valence-corrected chi connectivity index (χ2v) is 11.1. The molecule has 32 heavy (non-hydrogen) atoms. The van der Waals surface area contributed by atoms with Crippen LogP contribution in [0.3, 0.4) is 0 Å². The number of allylic oxidation sites excluding steroid dienone is 5. The number of hydrogen-bond donors (Lipinski definition) is 2. The normalized spacial score (nSPS) is 13.6. The van der Waals surface area contributed by atoms with Gasteiger partial charge in [0.2, 0.25) is 10.0 Å². The average molecular weight is 480 g/mol. The van der Waals surface area contributed by atoms with Gasteiger partial charge >= 0.3 is 5.97 Å². The molecule has 7 heteroatoms. The molecule has 0 aliphatic rings. The van der Waals surface area contributed by atoms with E-state index in [1.165, 1.54) is 28.5 Å². The Hall–Kier alpha value is -1.83. The molecular formula is C25H37NO4S2. The van der Waals surface area contributed by atoms with Crippen LogP contribution in [0.5, 0.6) is 0 Å².